The van der Waals surface area contributed by atoms with Crippen molar-refractivity contribution < 1.29 is 23.5 Å². The van der Waals surface area contributed by atoms with E-state index in [1.165, 1.54) is 54.4 Å². The van der Waals surface area contributed by atoms with Crippen LogP contribution in [-0.2, 0) is 4.79 Å². The van der Waals surface area contributed by atoms with E-state index in [9.17, 15) is 9.59 Å². The van der Waals surface area contributed by atoms with Crippen LogP contribution in [0.5, 0.6) is 11.5 Å². The van der Waals surface area contributed by atoms with Gasteiger partial charge in [0.15, 0.2) is 17.3 Å². The van der Waals surface area contributed by atoms with Crippen molar-refractivity contribution in [2.75, 3.05) is 7.11 Å². The van der Waals surface area contributed by atoms with Gasteiger partial charge in [0.2, 0.25) is 10.9 Å². The number of thioether (sulfide) groups is 1. The van der Waals surface area contributed by atoms with Gasteiger partial charge >= 0.3 is 5.97 Å². The summed E-state index contributed by atoms with van der Waals surface area (Å²) in [4.78, 5) is 28.7. The molecule has 0 spiro atoms. The first-order valence-electron chi connectivity index (χ1n) is 9.03. The van der Waals surface area contributed by atoms with Crippen molar-refractivity contribution in [3.8, 4) is 11.5 Å². The molecule has 1 aromatic carbocycles. The third-order valence-corrected chi connectivity index (χ3v) is 5.61. The van der Waals surface area contributed by atoms with Crippen LogP contribution < -0.4 is 9.47 Å². The second-order valence-electron chi connectivity index (χ2n) is 6.27. The van der Waals surface area contributed by atoms with E-state index in [2.05, 4.69) is 10.1 Å². The van der Waals surface area contributed by atoms with Crippen LogP contribution >= 0.6 is 23.4 Å². The topological polar surface area (TPSA) is 118 Å². The van der Waals surface area contributed by atoms with Gasteiger partial charge in [-0.3, -0.25) is 10.2 Å². The molecule has 1 amide bonds. The van der Waals surface area contributed by atoms with Gasteiger partial charge in [0, 0.05) is 0 Å². The minimum Gasteiger partial charge on any atom is -0.493 e. The highest BCUT2D eigenvalue weighted by molar-refractivity contribution is 8.26. The van der Waals surface area contributed by atoms with Crippen LogP contribution in [0.4, 0.5) is 0 Å². The second kappa shape index (κ2) is 8.40. The number of fused-ring (bicyclic) bond motifs is 1. The summed E-state index contributed by atoms with van der Waals surface area (Å²) in [6, 6.07) is 6.03. The quantitative estimate of drug-likeness (QED) is 0.405. The lowest BCUT2D eigenvalue weighted by Gasteiger charge is -2.20. The normalized spacial score (nSPS) is 16.9. The zero-order chi connectivity index (χ0) is 22.1. The molecule has 11 heteroatoms. The molecule has 0 saturated carbocycles. The van der Waals surface area contributed by atoms with Crippen molar-refractivity contribution in [1.82, 2.24) is 5.01 Å². The molecule has 2 aromatic rings. The summed E-state index contributed by atoms with van der Waals surface area (Å²) in [5, 5.41) is 15.2. The number of hydrogen-bond acceptors (Lipinski definition) is 8. The van der Waals surface area contributed by atoms with E-state index in [0.29, 0.717) is 17.2 Å². The van der Waals surface area contributed by atoms with Gasteiger partial charge < -0.3 is 13.9 Å². The van der Waals surface area contributed by atoms with Gasteiger partial charge in [0.1, 0.15) is 5.04 Å². The molecule has 3 heterocycles. The Morgan fingerprint density at radius 1 is 1.42 bits per heavy atom. The first-order valence-corrected chi connectivity index (χ1v) is 10.2. The lowest BCUT2D eigenvalue weighted by atomic mass is 10.1. The molecule has 0 saturated heterocycles. The van der Waals surface area contributed by atoms with Crippen molar-refractivity contribution in [2.24, 2.45) is 10.1 Å². The van der Waals surface area contributed by atoms with Crippen LogP contribution in [0.2, 0.25) is 5.02 Å². The number of esters is 1. The SMILES string of the molecule is CCC1=NN2C(=N)/C(=C\c3cc(Cl)c(OC(=O)c4ccco4)c(OC)c3)C(=O)N=C2S1. The smallest absolute Gasteiger partial charge is 0.379 e. The van der Waals surface area contributed by atoms with Crippen molar-refractivity contribution in [2.45, 2.75) is 13.3 Å². The Bertz CT molecular complexity index is 1190. The summed E-state index contributed by atoms with van der Waals surface area (Å²) in [7, 11) is 1.39. The maximum Gasteiger partial charge on any atom is 0.379 e. The molecule has 0 radical (unpaired) electrons. The summed E-state index contributed by atoms with van der Waals surface area (Å²) in [5.41, 5.74) is 0.502. The number of aliphatic imine (C=N–C) groups is 1. The van der Waals surface area contributed by atoms with Crippen molar-refractivity contribution in [3.05, 3.63) is 52.4 Å². The van der Waals surface area contributed by atoms with Crippen molar-refractivity contribution in [1.29, 1.82) is 5.41 Å². The van der Waals surface area contributed by atoms with Gasteiger partial charge in [-0.2, -0.15) is 15.1 Å². The maximum atomic E-state index is 12.5. The molecule has 0 atom stereocenters. The highest BCUT2D eigenvalue weighted by atomic mass is 35.5. The predicted octanol–water partition coefficient (Wildman–Crippen LogP) is 4.19. The highest BCUT2D eigenvalue weighted by Crippen LogP contribution is 2.38. The lowest BCUT2D eigenvalue weighted by molar-refractivity contribution is -0.114. The number of carbonyl (C=O) groups is 2. The number of methoxy groups -OCH3 is 1. The maximum absolute atomic E-state index is 12.5. The Balaban J connectivity index is 1.66. The van der Waals surface area contributed by atoms with Crippen LogP contribution in [0, 0.1) is 5.41 Å². The molecule has 0 unspecified atom stereocenters. The van der Waals surface area contributed by atoms with E-state index in [1.807, 2.05) is 6.92 Å². The van der Waals surface area contributed by atoms with Gasteiger partial charge in [0.05, 0.1) is 24.0 Å². The van der Waals surface area contributed by atoms with E-state index in [1.54, 1.807) is 6.07 Å². The molecule has 0 aliphatic carbocycles. The first-order chi connectivity index (χ1) is 14.9. The number of rotatable bonds is 5. The number of ether oxygens (including phenoxy) is 2. The standard InChI is InChI=1S/C20H15ClN4O5S/c1-3-15-24-25-17(22)11(18(26)23-20(25)31-15)7-10-8-12(21)16(14(9-10)28-2)30-19(27)13-5-4-6-29-13/h4-9,22H,3H2,1-2H3/b11-7+,22-17?. The summed E-state index contributed by atoms with van der Waals surface area (Å²) >= 11 is 7.58. The summed E-state index contributed by atoms with van der Waals surface area (Å²) in [5.74, 6) is -1.20. The molecule has 1 N–H and O–H groups in total. The summed E-state index contributed by atoms with van der Waals surface area (Å²) in [6.07, 6.45) is 3.48. The van der Waals surface area contributed by atoms with Crippen LogP contribution in [0.25, 0.3) is 6.08 Å². The summed E-state index contributed by atoms with van der Waals surface area (Å²) < 4.78 is 15.6. The highest BCUT2D eigenvalue weighted by Gasteiger charge is 2.35. The Labute approximate surface area is 185 Å². The van der Waals surface area contributed by atoms with Gasteiger partial charge in [-0.15, -0.1) is 0 Å². The molecule has 9 nitrogen and oxygen atoms in total. The van der Waals surface area contributed by atoms with Crippen LogP contribution in [-0.4, -0.2) is 40.0 Å². The molecular weight excluding hydrogens is 444 g/mol. The van der Waals surface area contributed by atoms with Gasteiger partial charge in [-0.1, -0.05) is 18.5 Å². The third kappa shape index (κ3) is 3.99. The average molecular weight is 459 g/mol. The summed E-state index contributed by atoms with van der Waals surface area (Å²) in [6.45, 7) is 1.93. The third-order valence-electron chi connectivity index (χ3n) is 4.28. The molecule has 1 aromatic heterocycles. The molecule has 2 aliphatic rings. The zero-order valence-electron chi connectivity index (χ0n) is 16.3. The molecule has 0 fully saturated rings. The fourth-order valence-corrected chi connectivity index (χ4v) is 3.88. The van der Waals surface area contributed by atoms with E-state index in [-0.39, 0.29) is 33.7 Å². The Hall–Kier alpha value is -3.37. The van der Waals surface area contributed by atoms with E-state index >= 15 is 0 Å². The molecule has 31 heavy (non-hydrogen) atoms. The molecule has 158 valence electrons. The fourth-order valence-electron chi connectivity index (χ4n) is 2.80. The largest absolute Gasteiger partial charge is 0.493 e. The Morgan fingerprint density at radius 3 is 2.90 bits per heavy atom. The number of furan rings is 1. The van der Waals surface area contributed by atoms with Gasteiger partial charge in [0.25, 0.3) is 5.91 Å². The molecule has 4 rings (SSSR count). The minimum atomic E-state index is -0.737. The van der Waals surface area contributed by atoms with Crippen LogP contribution in [0.15, 0.2) is 50.6 Å². The van der Waals surface area contributed by atoms with E-state index in [0.717, 1.165) is 5.04 Å². The Morgan fingerprint density at radius 2 is 2.23 bits per heavy atom. The zero-order valence-corrected chi connectivity index (χ0v) is 17.9. The van der Waals surface area contributed by atoms with Crippen molar-refractivity contribution in [3.63, 3.8) is 0 Å². The van der Waals surface area contributed by atoms with Crippen molar-refractivity contribution >= 4 is 57.4 Å². The van der Waals surface area contributed by atoms with Gasteiger partial charge in [-0.05, 0) is 54.1 Å². The van der Waals surface area contributed by atoms with E-state index in [4.69, 9.17) is 30.9 Å². The fraction of sp³-hybridized carbons (Fsp3) is 0.150. The minimum absolute atomic E-state index is 0.00574. The molecule has 2 aliphatic heterocycles. The average Bonchev–Trinajstić information content (AvgIpc) is 3.42. The van der Waals surface area contributed by atoms with Gasteiger partial charge in [-0.25, -0.2) is 4.79 Å². The number of amides is 1. The second-order valence-corrected chi connectivity index (χ2v) is 7.72. The number of nitrogens with zero attached hydrogens (tertiary/aromatic N) is 3. The van der Waals surface area contributed by atoms with Crippen LogP contribution in [0.3, 0.4) is 0 Å². The molecular formula is C20H15ClN4O5S. The number of hydrazone groups is 1. The monoisotopic (exact) mass is 458 g/mol. The first kappa shape index (κ1) is 20.9. The lowest BCUT2D eigenvalue weighted by Crippen LogP contribution is -2.35. The van der Waals surface area contributed by atoms with E-state index < -0.39 is 11.9 Å². The number of halogens is 1. The number of benzene rings is 1. The molecule has 0 bridgehead atoms. The number of amidine groups is 2. The van der Waals surface area contributed by atoms with Crippen LogP contribution in [0.1, 0.15) is 29.5 Å². The Kier molecular flexibility index (Phi) is 5.66. The number of nitrogens with one attached hydrogen (secondary N) is 1. The number of carbonyl (C=O) groups excluding carboxylic acids is 2. The number of hydrogen-bond donors (Lipinski definition) is 1. The predicted molar refractivity (Wildman–Crippen MR) is 117 cm³/mol.